The molecule has 1 atom stereocenters. The number of alkyl halides is 2. The highest BCUT2D eigenvalue weighted by Crippen LogP contribution is 2.44. The van der Waals surface area contributed by atoms with E-state index in [0.717, 1.165) is 5.56 Å². The number of aromatic nitrogens is 1. The van der Waals surface area contributed by atoms with Crippen molar-refractivity contribution in [3.8, 4) is 0 Å². The second-order valence-electron chi connectivity index (χ2n) is 6.31. The van der Waals surface area contributed by atoms with Gasteiger partial charge in [0.05, 0.1) is 0 Å². The number of rotatable bonds is 6. The third-order valence-corrected chi connectivity index (χ3v) is 4.45. The van der Waals surface area contributed by atoms with Crippen LogP contribution < -0.4 is 5.32 Å². The van der Waals surface area contributed by atoms with Gasteiger partial charge in [0, 0.05) is 24.9 Å². The average Bonchev–Trinajstić information content (AvgIpc) is 2.45. The van der Waals surface area contributed by atoms with Crippen LogP contribution in [0.4, 0.5) is 8.78 Å². The maximum Gasteiger partial charge on any atom is 0.352 e. The van der Waals surface area contributed by atoms with E-state index in [0.29, 0.717) is 6.42 Å². The molecule has 1 saturated carbocycles. The summed E-state index contributed by atoms with van der Waals surface area (Å²) in [4.78, 5) is 15.9. The molecular formula is C16H22F2N2O2. The fourth-order valence-corrected chi connectivity index (χ4v) is 2.68. The van der Waals surface area contributed by atoms with Crippen molar-refractivity contribution in [3.05, 3.63) is 30.1 Å². The third-order valence-electron chi connectivity index (χ3n) is 4.45. The van der Waals surface area contributed by atoms with Crippen molar-refractivity contribution in [2.24, 2.45) is 5.92 Å². The quantitative estimate of drug-likeness (QED) is 0.848. The van der Waals surface area contributed by atoms with E-state index >= 15 is 0 Å². The van der Waals surface area contributed by atoms with Crippen LogP contribution in [-0.4, -0.2) is 34.1 Å². The number of aliphatic hydroxyl groups is 1. The van der Waals surface area contributed by atoms with E-state index in [2.05, 4.69) is 10.3 Å². The largest absolute Gasteiger partial charge is 0.383 e. The topological polar surface area (TPSA) is 62.2 Å². The zero-order valence-electron chi connectivity index (χ0n) is 12.9. The Hall–Kier alpha value is -1.56. The lowest BCUT2D eigenvalue weighted by Crippen LogP contribution is -2.61. The molecule has 22 heavy (non-hydrogen) atoms. The molecule has 0 spiro atoms. The van der Waals surface area contributed by atoms with E-state index in [1.807, 2.05) is 19.9 Å². The van der Waals surface area contributed by atoms with Gasteiger partial charge in [-0.25, -0.2) is 0 Å². The minimum absolute atomic E-state index is 0.0381. The molecule has 1 fully saturated rings. The number of pyridine rings is 1. The molecule has 1 unspecified atom stereocenters. The second kappa shape index (κ2) is 6.28. The maximum atomic E-state index is 14.0. The first-order valence-corrected chi connectivity index (χ1v) is 7.56. The SMILES string of the molecule is CC(C)C(CNC(=O)C(F)(F)C1(O)CCC1)c1cccnc1. The monoisotopic (exact) mass is 312 g/mol. The van der Waals surface area contributed by atoms with E-state index in [1.54, 1.807) is 18.5 Å². The van der Waals surface area contributed by atoms with Crippen molar-refractivity contribution in [2.45, 2.75) is 50.6 Å². The molecule has 122 valence electrons. The Kier molecular flexibility index (Phi) is 4.80. The van der Waals surface area contributed by atoms with Crippen molar-refractivity contribution in [3.63, 3.8) is 0 Å². The summed E-state index contributed by atoms with van der Waals surface area (Å²) in [5, 5.41) is 12.1. The van der Waals surface area contributed by atoms with Crippen LogP contribution in [0.25, 0.3) is 0 Å². The summed E-state index contributed by atoms with van der Waals surface area (Å²) in [5.74, 6) is -5.10. The number of hydrogen-bond acceptors (Lipinski definition) is 3. The molecular weight excluding hydrogens is 290 g/mol. The van der Waals surface area contributed by atoms with Gasteiger partial charge in [0.2, 0.25) is 0 Å². The molecule has 0 aliphatic heterocycles. The fourth-order valence-electron chi connectivity index (χ4n) is 2.68. The van der Waals surface area contributed by atoms with E-state index in [1.165, 1.54) is 0 Å². The normalized spacial score (nSPS) is 18.6. The number of amides is 1. The first-order valence-electron chi connectivity index (χ1n) is 7.56. The van der Waals surface area contributed by atoms with Crippen molar-refractivity contribution < 1.29 is 18.7 Å². The van der Waals surface area contributed by atoms with Crippen molar-refractivity contribution in [1.82, 2.24) is 10.3 Å². The Labute approximate surface area is 128 Å². The van der Waals surface area contributed by atoms with Gasteiger partial charge in [0.15, 0.2) is 0 Å². The summed E-state index contributed by atoms with van der Waals surface area (Å²) >= 11 is 0. The molecule has 0 saturated heterocycles. The summed E-state index contributed by atoms with van der Waals surface area (Å²) in [6.45, 7) is 4.01. The standard InChI is InChI=1S/C16H22F2N2O2/c1-11(2)13(12-5-3-8-19-9-12)10-20-14(21)16(17,18)15(22)6-4-7-15/h3,5,8-9,11,13,22H,4,6-7,10H2,1-2H3,(H,20,21). The summed E-state index contributed by atoms with van der Waals surface area (Å²) in [7, 11) is 0. The van der Waals surface area contributed by atoms with Gasteiger partial charge in [0.1, 0.15) is 5.60 Å². The molecule has 0 aromatic carbocycles. The smallest absolute Gasteiger partial charge is 0.352 e. The number of halogens is 2. The minimum Gasteiger partial charge on any atom is -0.383 e. The molecule has 1 amide bonds. The number of carbonyl (C=O) groups excluding carboxylic acids is 1. The van der Waals surface area contributed by atoms with Crippen LogP contribution in [0.2, 0.25) is 0 Å². The highest BCUT2D eigenvalue weighted by molar-refractivity contribution is 5.85. The van der Waals surface area contributed by atoms with E-state index < -0.39 is 17.4 Å². The lowest BCUT2D eigenvalue weighted by atomic mass is 9.75. The summed E-state index contributed by atoms with van der Waals surface area (Å²) < 4.78 is 28.1. The predicted molar refractivity (Wildman–Crippen MR) is 78.6 cm³/mol. The molecule has 1 aliphatic carbocycles. The van der Waals surface area contributed by atoms with Crippen molar-refractivity contribution in [2.75, 3.05) is 6.54 Å². The Bertz CT molecular complexity index is 516. The Morgan fingerprint density at radius 1 is 1.50 bits per heavy atom. The van der Waals surface area contributed by atoms with Crippen LogP contribution in [0.1, 0.15) is 44.6 Å². The molecule has 4 nitrogen and oxygen atoms in total. The fraction of sp³-hybridized carbons (Fsp3) is 0.625. The van der Waals surface area contributed by atoms with Gasteiger partial charge in [-0.2, -0.15) is 8.78 Å². The zero-order valence-corrected chi connectivity index (χ0v) is 12.9. The van der Waals surface area contributed by atoms with Gasteiger partial charge < -0.3 is 10.4 Å². The molecule has 2 N–H and O–H groups in total. The summed E-state index contributed by atoms with van der Waals surface area (Å²) in [6.07, 6.45) is 3.76. The van der Waals surface area contributed by atoms with Crippen LogP contribution in [0, 0.1) is 5.92 Å². The van der Waals surface area contributed by atoms with E-state index in [4.69, 9.17) is 0 Å². The number of hydrogen-bond donors (Lipinski definition) is 2. The number of carbonyl (C=O) groups is 1. The van der Waals surface area contributed by atoms with E-state index in [9.17, 15) is 18.7 Å². The average molecular weight is 312 g/mol. The van der Waals surface area contributed by atoms with Gasteiger partial charge in [-0.3, -0.25) is 9.78 Å². The first kappa shape index (κ1) is 16.8. The van der Waals surface area contributed by atoms with Gasteiger partial charge >= 0.3 is 5.92 Å². The van der Waals surface area contributed by atoms with Crippen LogP contribution in [0.5, 0.6) is 0 Å². The molecule has 0 bridgehead atoms. The Morgan fingerprint density at radius 2 is 2.18 bits per heavy atom. The van der Waals surface area contributed by atoms with Crippen molar-refractivity contribution >= 4 is 5.91 Å². The van der Waals surface area contributed by atoms with Crippen LogP contribution in [-0.2, 0) is 4.79 Å². The molecule has 2 rings (SSSR count). The molecule has 1 aliphatic rings. The van der Waals surface area contributed by atoms with Crippen LogP contribution in [0.3, 0.4) is 0 Å². The zero-order chi connectivity index (χ0) is 16.4. The molecule has 0 radical (unpaired) electrons. The first-order chi connectivity index (χ1) is 10.3. The Morgan fingerprint density at radius 3 is 2.64 bits per heavy atom. The second-order valence-corrected chi connectivity index (χ2v) is 6.31. The van der Waals surface area contributed by atoms with Gasteiger partial charge in [0.25, 0.3) is 5.91 Å². The summed E-state index contributed by atoms with van der Waals surface area (Å²) in [6, 6.07) is 3.64. The van der Waals surface area contributed by atoms with E-state index in [-0.39, 0.29) is 31.2 Å². The molecule has 1 heterocycles. The van der Waals surface area contributed by atoms with Gasteiger partial charge in [-0.15, -0.1) is 0 Å². The third kappa shape index (κ3) is 3.11. The van der Waals surface area contributed by atoms with Crippen LogP contribution >= 0.6 is 0 Å². The number of nitrogens with zero attached hydrogens (tertiary/aromatic N) is 1. The van der Waals surface area contributed by atoms with Crippen molar-refractivity contribution in [1.29, 1.82) is 0 Å². The highest BCUT2D eigenvalue weighted by Gasteiger charge is 2.61. The minimum atomic E-state index is -3.75. The van der Waals surface area contributed by atoms with Crippen LogP contribution in [0.15, 0.2) is 24.5 Å². The summed E-state index contributed by atoms with van der Waals surface area (Å²) in [5.41, 5.74) is -1.29. The highest BCUT2D eigenvalue weighted by atomic mass is 19.3. The molecule has 1 aromatic rings. The van der Waals surface area contributed by atoms with Gasteiger partial charge in [-0.1, -0.05) is 19.9 Å². The molecule has 1 aromatic heterocycles. The molecule has 6 heteroatoms. The predicted octanol–water partition coefficient (Wildman–Crippen LogP) is 2.49. The Balaban J connectivity index is 2.02. The lowest BCUT2D eigenvalue weighted by Gasteiger charge is -2.41. The maximum absolute atomic E-state index is 14.0. The van der Waals surface area contributed by atoms with Gasteiger partial charge in [-0.05, 0) is 36.8 Å². The number of nitrogens with one attached hydrogen (secondary N) is 1. The lowest BCUT2D eigenvalue weighted by molar-refractivity contribution is -0.215.